The van der Waals surface area contributed by atoms with E-state index in [0.717, 1.165) is 5.56 Å². The number of aromatic nitrogens is 5. The molecule has 0 radical (unpaired) electrons. The molecule has 11 nitrogen and oxygen atoms in total. The van der Waals surface area contributed by atoms with Crippen LogP contribution in [0.2, 0.25) is 0 Å². The number of hydrogen-bond acceptors (Lipinski definition) is 10. The number of anilines is 1. The molecule has 0 aliphatic heterocycles. The summed E-state index contributed by atoms with van der Waals surface area (Å²) in [5.41, 5.74) is 0.707. The second kappa shape index (κ2) is 10.6. The van der Waals surface area contributed by atoms with E-state index in [0.29, 0.717) is 70.5 Å². The Labute approximate surface area is 247 Å². The van der Waals surface area contributed by atoms with Crippen LogP contribution in [0.3, 0.4) is 0 Å². The summed E-state index contributed by atoms with van der Waals surface area (Å²) in [5, 5.41) is 30.1. The van der Waals surface area contributed by atoms with E-state index >= 15 is 0 Å². The van der Waals surface area contributed by atoms with Gasteiger partial charge in [-0.2, -0.15) is 4.52 Å². The minimum Gasteiger partial charge on any atom is -0.497 e. The number of hydrogen-bond donors (Lipinski definition) is 3. The molecule has 224 valence electrons. The Kier molecular flexibility index (Phi) is 7.05. The molecule has 5 aromatic rings. The van der Waals surface area contributed by atoms with Gasteiger partial charge in [-0.3, -0.25) is 4.98 Å². The summed E-state index contributed by atoms with van der Waals surface area (Å²) >= 11 is 0. The van der Waals surface area contributed by atoms with Crippen LogP contribution in [0.4, 0.5) is 10.3 Å². The molecule has 1 aliphatic carbocycles. The van der Waals surface area contributed by atoms with Gasteiger partial charge in [-0.25, -0.2) is 14.4 Å². The lowest BCUT2D eigenvalue weighted by Gasteiger charge is -2.42. The first-order chi connectivity index (χ1) is 20.5. The normalized spacial score (nSPS) is 18.5. The summed E-state index contributed by atoms with van der Waals surface area (Å²) in [6.07, 6.45) is 2.35. The highest BCUT2D eigenvalue weighted by atomic mass is 19.1. The Morgan fingerprint density at radius 2 is 1.79 bits per heavy atom. The van der Waals surface area contributed by atoms with Crippen molar-refractivity contribution < 1.29 is 28.8 Å². The second-order valence-electron chi connectivity index (χ2n) is 11.3. The van der Waals surface area contributed by atoms with Gasteiger partial charge in [0.2, 0.25) is 5.95 Å². The van der Waals surface area contributed by atoms with Crippen LogP contribution < -0.4 is 19.5 Å². The maximum absolute atomic E-state index is 14.6. The van der Waals surface area contributed by atoms with E-state index in [-0.39, 0.29) is 11.7 Å². The molecule has 0 atom stereocenters. The number of halogens is 1. The quantitative estimate of drug-likeness (QED) is 0.227. The number of ether oxygens (including phenoxy) is 3. The first kappa shape index (κ1) is 28.6. The summed E-state index contributed by atoms with van der Waals surface area (Å²) in [5.74, 6) is 1.83. The SMILES string of the molecule is COc1ccc(CNc2nc3c(OC)cc(F)cc3c3nc(C4CC(O)(c5ccc(C(C)(C)O)nc5)C4)nn23)c(OC)c1. The average molecular weight is 589 g/mol. The van der Waals surface area contributed by atoms with Crippen LogP contribution in [-0.4, -0.2) is 56.1 Å². The first-order valence-electron chi connectivity index (χ1n) is 13.8. The second-order valence-corrected chi connectivity index (χ2v) is 11.3. The van der Waals surface area contributed by atoms with Crippen molar-refractivity contribution in [1.82, 2.24) is 24.6 Å². The molecule has 1 fully saturated rings. The van der Waals surface area contributed by atoms with Gasteiger partial charge in [-0.1, -0.05) is 6.07 Å². The predicted octanol–water partition coefficient (Wildman–Crippen LogP) is 4.44. The van der Waals surface area contributed by atoms with E-state index in [2.05, 4.69) is 10.3 Å². The summed E-state index contributed by atoms with van der Waals surface area (Å²) in [6, 6.07) is 11.7. The molecule has 1 saturated carbocycles. The zero-order valence-electron chi connectivity index (χ0n) is 24.6. The third-order valence-corrected chi connectivity index (χ3v) is 7.93. The lowest BCUT2D eigenvalue weighted by atomic mass is 9.67. The third kappa shape index (κ3) is 5.17. The van der Waals surface area contributed by atoms with Crippen molar-refractivity contribution >= 4 is 22.5 Å². The van der Waals surface area contributed by atoms with Crippen molar-refractivity contribution in [2.75, 3.05) is 26.6 Å². The number of nitrogens with zero attached hydrogens (tertiary/aromatic N) is 5. The highest BCUT2D eigenvalue weighted by Crippen LogP contribution is 2.50. The van der Waals surface area contributed by atoms with Gasteiger partial charge in [0.05, 0.1) is 38.0 Å². The number of fused-ring (bicyclic) bond motifs is 3. The largest absolute Gasteiger partial charge is 0.497 e. The van der Waals surface area contributed by atoms with Gasteiger partial charge in [0.25, 0.3) is 0 Å². The minimum atomic E-state index is -1.10. The molecule has 3 aromatic heterocycles. The monoisotopic (exact) mass is 588 g/mol. The lowest BCUT2D eigenvalue weighted by molar-refractivity contribution is -0.0573. The van der Waals surface area contributed by atoms with E-state index in [1.165, 1.54) is 19.2 Å². The predicted molar refractivity (Wildman–Crippen MR) is 157 cm³/mol. The zero-order valence-corrected chi connectivity index (χ0v) is 24.6. The number of benzene rings is 2. The van der Waals surface area contributed by atoms with Crippen LogP contribution >= 0.6 is 0 Å². The highest BCUT2D eigenvalue weighted by molar-refractivity contribution is 5.96. The van der Waals surface area contributed by atoms with Crippen molar-refractivity contribution in [2.45, 2.75) is 50.4 Å². The molecular formula is C31H33FN6O5. The van der Waals surface area contributed by atoms with Gasteiger partial charge in [0.1, 0.15) is 34.2 Å². The summed E-state index contributed by atoms with van der Waals surface area (Å²) in [7, 11) is 4.64. The Balaban J connectivity index is 1.35. The molecular weight excluding hydrogens is 555 g/mol. The minimum absolute atomic E-state index is 0.154. The maximum Gasteiger partial charge on any atom is 0.226 e. The van der Waals surface area contributed by atoms with Gasteiger partial charge in [-0.15, -0.1) is 5.10 Å². The fourth-order valence-electron chi connectivity index (χ4n) is 5.48. The molecule has 0 spiro atoms. The molecule has 6 rings (SSSR count). The van der Waals surface area contributed by atoms with Crippen LogP contribution in [0.15, 0.2) is 48.7 Å². The summed E-state index contributed by atoms with van der Waals surface area (Å²) in [4.78, 5) is 13.9. The van der Waals surface area contributed by atoms with Crippen LogP contribution in [0.5, 0.6) is 17.2 Å². The number of aliphatic hydroxyl groups is 2. The van der Waals surface area contributed by atoms with Crippen molar-refractivity contribution in [3.63, 3.8) is 0 Å². The van der Waals surface area contributed by atoms with Crippen molar-refractivity contribution in [3.05, 3.63) is 77.1 Å². The molecule has 1 aliphatic rings. The number of pyridine rings is 1. The fourth-order valence-corrected chi connectivity index (χ4v) is 5.48. The molecule has 3 N–H and O–H groups in total. The van der Waals surface area contributed by atoms with E-state index in [1.807, 2.05) is 12.1 Å². The molecule has 0 unspecified atom stereocenters. The molecule has 43 heavy (non-hydrogen) atoms. The van der Waals surface area contributed by atoms with Gasteiger partial charge in [-0.05, 0) is 51.0 Å². The molecule has 3 heterocycles. The third-order valence-electron chi connectivity index (χ3n) is 7.93. The van der Waals surface area contributed by atoms with Gasteiger partial charge in [0.15, 0.2) is 11.5 Å². The average Bonchev–Trinajstić information content (AvgIpc) is 3.43. The molecule has 12 heteroatoms. The van der Waals surface area contributed by atoms with Crippen molar-refractivity contribution in [3.8, 4) is 17.2 Å². The van der Waals surface area contributed by atoms with E-state index in [9.17, 15) is 14.6 Å². The van der Waals surface area contributed by atoms with Gasteiger partial charge >= 0.3 is 0 Å². The fraction of sp³-hybridized carbons (Fsp3) is 0.355. The first-order valence-corrected chi connectivity index (χ1v) is 13.8. The van der Waals surface area contributed by atoms with Crippen LogP contribution in [0.25, 0.3) is 16.6 Å². The Morgan fingerprint density at radius 1 is 1.02 bits per heavy atom. The number of nitrogens with one attached hydrogen (secondary N) is 1. The van der Waals surface area contributed by atoms with E-state index in [4.69, 9.17) is 29.3 Å². The topological polar surface area (TPSA) is 136 Å². The van der Waals surface area contributed by atoms with Crippen molar-refractivity contribution in [1.29, 1.82) is 0 Å². The smallest absolute Gasteiger partial charge is 0.226 e. The Hall–Kier alpha value is -4.55. The summed E-state index contributed by atoms with van der Waals surface area (Å²) in [6.45, 7) is 3.67. The van der Waals surface area contributed by atoms with E-state index in [1.54, 1.807) is 57.0 Å². The van der Waals surface area contributed by atoms with Gasteiger partial charge < -0.3 is 29.7 Å². The zero-order chi connectivity index (χ0) is 30.5. The maximum atomic E-state index is 14.6. The summed E-state index contributed by atoms with van der Waals surface area (Å²) < 4.78 is 32.5. The standard InChI is InChI=1S/C31H33FN6O5/c1-30(2,39)25-9-7-19(16-33-25)31(40)13-18(14-31)27-36-28-22-10-20(32)11-24(43-5)26(22)35-29(38(28)37-27)34-15-17-6-8-21(41-3)12-23(17)42-4/h6-12,16,18,39-40H,13-15H2,1-5H3,(H,34,35). The van der Waals surface area contributed by atoms with E-state index < -0.39 is 17.0 Å². The van der Waals surface area contributed by atoms with Crippen LogP contribution in [-0.2, 0) is 17.7 Å². The van der Waals surface area contributed by atoms with Crippen LogP contribution in [0.1, 0.15) is 55.3 Å². The Morgan fingerprint density at radius 3 is 2.44 bits per heavy atom. The van der Waals surface area contributed by atoms with Gasteiger partial charge in [0, 0.05) is 41.9 Å². The molecule has 2 aromatic carbocycles. The molecule has 0 bridgehead atoms. The Bertz CT molecular complexity index is 1810. The number of methoxy groups -OCH3 is 3. The van der Waals surface area contributed by atoms with Crippen molar-refractivity contribution in [2.24, 2.45) is 0 Å². The molecule has 0 saturated heterocycles. The molecule has 0 amide bonds. The lowest BCUT2D eigenvalue weighted by Crippen LogP contribution is -2.40. The number of rotatable bonds is 9. The highest BCUT2D eigenvalue weighted by Gasteiger charge is 2.47. The van der Waals surface area contributed by atoms with Crippen LogP contribution in [0, 0.1) is 5.82 Å².